The number of ether oxygens (including phenoxy) is 2. The van der Waals surface area contributed by atoms with Gasteiger partial charge in [-0.1, -0.05) is 48.5 Å². The summed E-state index contributed by atoms with van der Waals surface area (Å²) in [7, 11) is 0. The molecule has 8 nitrogen and oxygen atoms in total. The third-order valence-electron chi connectivity index (χ3n) is 7.53. The number of fused-ring (bicyclic) bond motifs is 3. The highest BCUT2D eigenvalue weighted by Crippen LogP contribution is 2.57. The predicted molar refractivity (Wildman–Crippen MR) is 135 cm³/mol. The molecule has 2 heterocycles. The van der Waals surface area contributed by atoms with Crippen LogP contribution in [0.2, 0.25) is 0 Å². The molecule has 2 aliphatic heterocycles. The topological polar surface area (TPSA) is 107 Å². The Labute approximate surface area is 218 Å². The maximum Gasteiger partial charge on any atom is 0.338 e. The van der Waals surface area contributed by atoms with Gasteiger partial charge in [0.05, 0.1) is 35.8 Å². The third-order valence-corrected chi connectivity index (χ3v) is 7.53. The summed E-state index contributed by atoms with van der Waals surface area (Å²) in [6.45, 7) is 3.76. The molecule has 0 radical (unpaired) electrons. The molecular weight excluding hydrogens is 486 g/mol. The molecule has 1 spiro atoms. The standard InChI is InChI=1S/C30H23NO7/c1-3-37-29(36)18-13-11-17(12-14-18)24-22-23(28(35)31(27(22)34)19-8-6-7-16(2)15-19)30(38-24)25(32)20-9-4-5-10-21(20)26(30)33/h4-15,22-24H,3H2,1-2H3/t22-,23-,24+/m0/s1. The second kappa shape index (κ2) is 8.56. The van der Waals surface area contributed by atoms with Crippen molar-refractivity contribution in [2.75, 3.05) is 11.5 Å². The first-order chi connectivity index (χ1) is 18.3. The van der Waals surface area contributed by atoms with Gasteiger partial charge in [0.1, 0.15) is 0 Å². The molecule has 3 aliphatic rings. The molecule has 1 aliphatic carbocycles. The van der Waals surface area contributed by atoms with Gasteiger partial charge in [-0.25, -0.2) is 9.69 Å². The molecule has 38 heavy (non-hydrogen) atoms. The largest absolute Gasteiger partial charge is 0.462 e. The highest BCUT2D eigenvalue weighted by Gasteiger charge is 2.74. The molecule has 2 amide bonds. The van der Waals surface area contributed by atoms with Gasteiger partial charge in [-0.15, -0.1) is 0 Å². The SMILES string of the molecule is CCOC(=O)c1ccc([C@H]2OC3(C(=O)c4ccccc4C3=O)[C@@H]3C(=O)N(c4cccc(C)c4)C(=O)[C@H]23)cc1. The van der Waals surface area contributed by atoms with Crippen molar-refractivity contribution in [3.05, 3.63) is 101 Å². The summed E-state index contributed by atoms with van der Waals surface area (Å²) in [5.74, 6) is -5.38. The summed E-state index contributed by atoms with van der Waals surface area (Å²) in [4.78, 5) is 68.7. The van der Waals surface area contributed by atoms with Crippen molar-refractivity contribution in [3.8, 4) is 0 Å². The minimum Gasteiger partial charge on any atom is -0.462 e. The first kappa shape index (κ1) is 23.9. The monoisotopic (exact) mass is 509 g/mol. The van der Waals surface area contributed by atoms with Crippen LogP contribution >= 0.6 is 0 Å². The van der Waals surface area contributed by atoms with Crippen molar-refractivity contribution in [2.24, 2.45) is 11.8 Å². The average molecular weight is 510 g/mol. The summed E-state index contributed by atoms with van der Waals surface area (Å²) >= 11 is 0. The first-order valence-electron chi connectivity index (χ1n) is 12.4. The number of imide groups is 1. The van der Waals surface area contributed by atoms with Crippen LogP contribution in [-0.4, -0.2) is 41.6 Å². The van der Waals surface area contributed by atoms with Crippen LogP contribution < -0.4 is 4.90 Å². The van der Waals surface area contributed by atoms with E-state index in [1.54, 1.807) is 49.4 Å². The number of hydrogen-bond acceptors (Lipinski definition) is 7. The van der Waals surface area contributed by atoms with Gasteiger partial charge in [0.25, 0.3) is 0 Å². The number of Topliss-reactive ketones (excluding diaryl/α,β-unsaturated/α-hetero) is 2. The van der Waals surface area contributed by atoms with Crippen LogP contribution in [0, 0.1) is 18.8 Å². The molecule has 0 unspecified atom stereocenters. The van der Waals surface area contributed by atoms with E-state index in [0.717, 1.165) is 10.5 Å². The highest BCUT2D eigenvalue weighted by atomic mass is 16.5. The summed E-state index contributed by atoms with van der Waals surface area (Å²) in [5.41, 5.74) is 0.176. The second-order valence-corrected chi connectivity index (χ2v) is 9.67. The smallest absolute Gasteiger partial charge is 0.338 e. The summed E-state index contributed by atoms with van der Waals surface area (Å²) in [6, 6.07) is 19.5. The summed E-state index contributed by atoms with van der Waals surface area (Å²) < 4.78 is 11.3. The van der Waals surface area contributed by atoms with Crippen molar-refractivity contribution >= 4 is 35.0 Å². The molecule has 0 aromatic heterocycles. The van der Waals surface area contributed by atoms with Gasteiger partial charge in [0.15, 0.2) is 0 Å². The molecule has 190 valence electrons. The van der Waals surface area contributed by atoms with Gasteiger partial charge < -0.3 is 9.47 Å². The van der Waals surface area contributed by atoms with Crippen LogP contribution in [-0.2, 0) is 19.1 Å². The molecule has 6 rings (SSSR count). The van der Waals surface area contributed by atoms with Crippen molar-refractivity contribution in [2.45, 2.75) is 25.6 Å². The van der Waals surface area contributed by atoms with Gasteiger partial charge in [0, 0.05) is 11.1 Å². The average Bonchev–Trinajstić information content (AvgIpc) is 3.49. The van der Waals surface area contributed by atoms with Crippen LogP contribution in [0.4, 0.5) is 5.69 Å². The summed E-state index contributed by atoms with van der Waals surface area (Å²) in [5, 5.41) is 0. The molecule has 3 atom stereocenters. The lowest BCUT2D eigenvalue weighted by molar-refractivity contribution is -0.127. The molecule has 0 bridgehead atoms. The predicted octanol–water partition coefficient (Wildman–Crippen LogP) is 3.87. The Morgan fingerprint density at radius 3 is 2.16 bits per heavy atom. The maximum absolute atomic E-state index is 14.0. The molecule has 2 fully saturated rings. The van der Waals surface area contributed by atoms with E-state index < -0.39 is 52.9 Å². The van der Waals surface area contributed by atoms with E-state index >= 15 is 0 Å². The fourth-order valence-electron chi connectivity index (χ4n) is 5.86. The van der Waals surface area contributed by atoms with E-state index in [4.69, 9.17) is 9.47 Å². The summed E-state index contributed by atoms with van der Waals surface area (Å²) in [6.07, 6.45) is -1.07. The van der Waals surface area contributed by atoms with E-state index in [9.17, 15) is 24.0 Å². The number of aryl methyl sites for hydroxylation is 1. The number of carbonyl (C=O) groups excluding carboxylic acids is 5. The fraction of sp³-hybridized carbons (Fsp3) is 0.233. The van der Waals surface area contributed by atoms with Crippen LogP contribution in [0.25, 0.3) is 0 Å². The van der Waals surface area contributed by atoms with Crippen molar-refractivity contribution < 1.29 is 33.4 Å². The van der Waals surface area contributed by atoms with E-state index in [2.05, 4.69) is 0 Å². The molecule has 0 saturated carbocycles. The Balaban J connectivity index is 1.49. The Bertz CT molecular complexity index is 1510. The Morgan fingerprint density at radius 1 is 0.895 bits per heavy atom. The normalized spacial score (nSPS) is 23.2. The van der Waals surface area contributed by atoms with Crippen molar-refractivity contribution in [3.63, 3.8) is 0 Å². The number of ketones is 2. The third kappa shape index (κ3) is 3.16. The maximum atomic E-state index is 14.0. The zero-order valence-corrected chi connectivity index (χ0v) is 20.7. The Hall–Kier alpha value is -4.43. The van der Waals surface area contributed by atoms with E-state index in [1.165, 1.54) is 24.3 Å². The Morgan fingerprint density at radius 2 is 1.55 bits per heavy atom. The number of rotatable bonds is 4. The zero-order chi connectivity index (χ0) is 26.8. The number of carbonyl (C=O) groups is 5. The van der Waals surface area contributed by atoms with E-state index in [-0.39, 0.29) is 17.7 Å². The highest BCUT2D eigenvalue weighted by molar-refractivity contribution is 6.37. The Kier molecular flexibility index (Phi) is 5.39. The van der Waals surface area contributed by atoms with Crippen LogP contribution in [0.15, 0.2) is 72.8 Å². The zero-order valence-electron chi connectivity index (χ0n) is 20.7. The van der Waals surface area contributed by atoms with E-state index in [0.29, 0.717) is 16.8 Å². The van der Waals surface area contributed by atoms with Crippen LogP contribution in [0.3, 0.4) is 0 Å². The van der Waals surface area contributed by atoms with Crippen molar-refractivity contribution in [1.82, 2.24) is 0 Å². The van der Waals surface area contributed by atoms with Gasteiger partial charge in [-0.2, -0.15) is 0 Å². The number of amides is 2. The molecule has 8 heteroatoms. The van der Waals surface area contributed by atoms with Crippen molar-refractivity contribution in [1.29, 1.82) is 0 Å². The minimum absolute atomic E-state index is 0.170. The van der Waals surface area contributed by atoms with Gasteiger partial charge >= 0.3 is 5.97 Å². The lowest BCUT2D eigenvalue weighted by Gasteiger charge is -2.27. The number of benzene rings is 3. The molecular formula is C30H23NO7. The lowest BCUT2D eigenvalue weighted by atomic mass is 9.77. The van der Waals surface area contributed by atoms with Gasteiger partial charge in [-0.05, 0) is 49.2 Å². The lowest BCUT2D eigenvalue weighted by Crippen LogP contribution is -2.51. The second-order valence-electron chi connectivity index (χ2n) is 9.67. The molecule has 3 aromatic rings. The number of nitrogens with zero attached hydrogens (tertiary/aromatic N) is 1. The minimum atomic E-state index is -2.15. The number of esters is 1. The fourth-order valence-corrected chi connectivity index (χ4v) is 5.86. The molecule has 3 aromatic carbocycles. The van der Waals surface area contributed by atoms with Gasteiger partial charge in [0.2, 0.25) is 29.0 Å². The molecule has 2 saturated heterocycles. The van der Waals surface area contributed by atoms with Crippen LogP contribution in [0.5, 0.6) is 0 Å². The molecule has 0 N–H and O–H groups in total. The quantitative estimate of drug-likeness (QED) is 0.299. The first-order valence-corrected chi connectivity index (χ1v) is 12.4. The van der Waals surface area contributed by atoms with Crippen LogP contribution in [0.1, 0.15) is 55.2 Å². The number of anilines is 1. The van der Waals surface area contributed by atoms with E-state index in [1.807, 2.05) is 13.0 Å². The van der Waals surface area contributed by atoms with Gasteiger partial charge in [-0.3, -0.25) is 19.2 Å². The number of hydrogen-bond donors (Lipinski definition) is 0.